The van der Waals surface area contributed by atoms with Crippen LogP contribution in [0.2, 0.25) is 0 Å². The summed E-state index contributed by atoms with van der Waals surface area (Å²) >= 11 is 0. The highest BCUT2D eigenvalue weighted by atomic mass is 19.2. The average molecular weight is 370 g/mol. The number of benzene rings is 2. The van der Waals surface area contributed by atoms with Gasteiger partial charge in [0, 0.05) is 37.4 Å². The number of carbonyl (C=O) groups is 1. The van der Waals surface area contributed by atoms with Crippen LogP contribution in [0.5, 0.6) is 0 Å². The molecule has 3 nitrogen and oxygen atoms in total. The molecule has 0 unspecified atom stereocenters. The van der Waals surface area contributed by atoms with Gasteiger partial charge in [0.15, 0.2) is 29.1 Å². The smallest absolute Gasteiger partial charge is 0.200 e. The van der Waals surface area contributed by atoms with Gasteiger partial charge in [-0.2, -0.15) is 0 Å². The Bertz CT molecular complexity index is 817. The number of ketones is 1. The van der Waals surface area contributed by atoms with E-state index in [2.05, 4.69) is 0 Å². The molecule has 0 aliphatic carbocycles. The van der Waals surface area contributed by atoms with Gasteiger partial charge in [0.2, 0.25) is 5.82 Å². The molecule has 138 valence electrons. The number of halogens is 5. The molecule has 2 aromatic rings. The Morgan fingerprint density at radius 3 is 1.62 bits per heavy atom. The first kappa shape index (κ1) is 18.2. The van der Waals surface area contributed by atoms with Gasteiger partial charge in [-0.3, -0.25) is 4.79 Å². The normalized spacial score (nSPS) is 14.7. The number of Topliss-reactive ketones (excluding diaryl/α,β-unsaturated/α-hetero) is 1. The molecule has 1 fully saturated rings. The number of piperazine rings is 1. The van der Waals surface area contributed by atoms with Crippen LogP contribution in [0.4, 0.5) is 33.3 Å². The standard InChI is InChI=1S/C18H15F5N2O/c1-10(26)11-2-4-12(5-3-11)24-6-8-25(9-7-24)18-16(22)14(20)13(19)15(21)17(18)23/h2-5H,6-9H2,1H3. The van der Waals surface area contributed by atoms with E-state index in [1.807, 2.05) is 4.90 Å². The van der Waals surface area contributed by atoms with Crippen LogP contribution in [0.3, 0.4) is 0 Å². The fourth-order valence-corrected chi connectivity index (χ4v) is 2.97. The van der Waals surface area contributed by atoms with E-state index in [1.54, 1.807) is 24.3 Å². The third kappa shape index (κ3) is 3.11. The first-order chi connectivity index (χ1) is 12.3. The summed E-state index contributed by atoms with van der Waals surface area (Å²) < 4.78 is 67.8. The van der Waals surface area contributed by atoms with Gasteiger partial charge in [-0.05, 0) is 31.2 Å². The monoisotopic (exact) mass is 370 g/mol. The molecule has 0 atom stereocenters. The van der Waals surface area contributed by atoms with Gasteiger partial charge in [-0.1, -0.05) is 0 Å². The van der Waals surface area contributed by atoms with Crippen molar-refractivity contribution in [2.24, 2.45) is 0 Å². The van der Waals surface area contributed by atoms with E-state index in [4.69, 9.17) is 0 Å². The summed E-state index contributed by atoms with van der Waals surface area (Å²) in [5.41, 5.74) is 0.480. The topological polar surface area (TPSA) is 23.6 Å². The molecule has 1 aliphatic rings. The highest BCUT2D eigenvalue weighted by Gasteiger charge is 2.30. The second kappa shape index (κ2) is 6.93. The van der Waals surface area contributed by atoms with Crippen LogP contribution >= 0.6 is 0 Å². The Morgan fingerprint density at radius 1 is 0.731 bits per heavy atom. The number of hydrogen-bond acceptors (Lipinski definition) is 3. The number of hydrogen-bond donors (Lipinski definition) is 0. The van der Waals surface area contributed by atoms with Crippen LogP contribution in [0.15, 0.2) is 24.3 Å². The van der Waals surface area contributed by atoms with Gasteiger partial charge in [0.1, 0.15) is 5.69 Å². The lowest BCUT2D eigenvalue weighted by atomic mass is 10.1. The molecule has 0 saturated carbocycles. The molecular weight excluding hydrogens is 355 g/mol. The summed E-state index contributed by atoms with van der Waals surface area (Å²) in [7, 11) is 0. The second-order valence-corrected chi connectivity index (χ2v) is 6.00. The van der Waals surface area contributed by atoms with E-state index in [1.165, 1.54) is 6.92 Å². The third-order valence-corrected chi connectivity index (χ3v) is 4.42. The highest BCUT2D eigenvalue weighted by Crippen LogP contribution is 2.31. The fourth-order valence-electron chi connectivity index (χ4n) is 2.97. The Labute approximate surface area is 146 Å². The Kier molecular flexibility index (Phi) is 4.84. The molecule has 2 aromatic carbocycles. The van der Waals surface area contributed by atoms with Crippen LogP contribution in [-0.4, -0.2) is 32.0 Å². The lowest BCUT2D eigenvalue weighted by Gasteiger charge is -2.37. The van der Waals surface area contributed by atoms with Crippen molar-refractivity contribution in [1.82, 2.24) is 0 Å². The summed E-state index contributed by atoms with van der Waals surface area (Å²) in [4.78, 5) is 14.4. The van der Waals surface area contributed by atoms with Gasteiger partial charge >= 0.3 is 0 Å². The molecule has 1 heterocycles. The minimum Gasteiger partial charge on any atom is -0.368 e. The summed E-state index contributed by atoms with van der Waals surface area (Å²) in [5.74, 6) is -9.75. The second-order valence-electron chi connectivity index (χ2n) is 6.00. The Morgan fingerprint density at radius 2 is 1.15 bits per heavy atom. The molecule has 0 bridgehead atoms. The van der Waals surface area contributed by atoms with Crippen molar-refractivity contribution in [3.63, 3.8) is 0 Å². The molecule has 1 saturated heterocycles. The predicted molar refractivity (Wildman–Crippen MR) is 87.1 cm³/mol. The third-order valence-electron chi connectivity index (χ3n) is 4.42. The molecule has 0 aromatic heterocycles. The molecule has 0 N–H and O–H groups in total. The SMILES string of the molecule is CC(=O)c1ccc(N2CCN(c3c(F)c(F)c(F)c(F)c3F)CC2)cc1. The number of carbonyl (C=O) groups excluding carboxylic acids is 1. The minimum atomic E-state index is -2.16. The quantitative estimate of drug-likeness (QED) is 0.354. The molecule has 3 rings (SSSR count). The largest absolute Gasteiger partial charge is 0.368 e. The number of nitrogens with zero attached hydrogens (tertiary/aromatic N) is 2. The van der Waals surface area contributed by atoms with E-state index in [0.717, 1.165) is 10.6 Å². The molecule has 1 aliphatic heterocycles. The number of anilines is 2. The average Bonchev–Trinajstić information content (AvgIpc) is 2.65. The predicted octanol–water partition coefficient (Wildman–Crippen LogP) is 3.91. The molecular formula is C18H15F5N2O. The highest BCUT2D eigenvalue weighted by molar-refractivity contribution is 5.94. The van der Waals surface area contributed by atoms with Gasteiger partial charge < -0.3 is 9.80 Å². The van der Waals surface area contributed by atoms with Crippen LogP contribution in [-0.2, 0) is 0 Å². The summed E-state index contributed by atoms with van der Waals surface area (Å²) in [6, 6.07) is 6.86. The zero-order valence-electron chi connectivity index (χ0n) is 13.8. The first-order valence-electron chi connectivity index (χ1n) is 7.93. The van der Waals surface area contributed by atoms with Crippen LogP contribution in [0.25, 0.3) is 0 Å². The van der Waals surface area contributed by atoms with Crippen LogP contribution in [0, 0.1) is 29.1 Å². The van der Waals surface area contributed by atoms with Crippen molar-refractivity contribution in [1.29, 1.82) is 0 Å². The summed E-state index contributed by atoms with van der Waals surface area (Å²) in [5, 5.41) is 0. The van der Waals surface area contributed by atoms with E-state index in [0.29, 0.717) is 18.7 Å². The molecule has 26 heavy (non-hydrogen) atoms. The maximum Gasteiger partial charge on any atom is 0.200 e. The summed E-state index contributed by atoms with van der Waals surface area (Å²) in [6.07, 6.45) is 0. The first-order valence-corrected chi connectivity index (χ1v) is 7.93. The molecule has 0 radical (unpaired) electrons. The molecule has 0 spiro atoms. The fraction of sp³-hybridized carbons (Fsp3) is 0.278. The van der Waals surface area contributed by atoms with Gasteiger partial charge in [0.25, 0.3) is 0 Å². The zero-order chi connectivity index (χ0) is 19.0. The van der Waals surface area contributed by atoms with E-state index in [9.17, 15) is 26.7 Å². The lowest BCUT2D eigenvalue weighted by molar-refractivity contribution is 0.101. The Balaban J connectivity index is 1.78. The van der Waals surface area contributed by atoms with Gasteiger partial charge in [-0.25, -0.2) is 22.0 Å². The van der Waals surface area contributed by atoms with Crippen molar-refractivity contribution >= 4 is 17.2 Å². The molecule has 0 amide bonds. The minimum absolute atomic E-state index is 0.0623. The van der Waals surface area contributed by atoms with Crippen molar-refractivity contribution in [2.45, 2.75) is 6.92 Å². The van der Waals surface area contributed by atoms with Crippen molar-refractivity contribution in [3.05, 3.63) is 58.9 Å². The number of rotatable bonds is 3. The van der Waals surface area contributed by atoms with Gasteiger partial charge in [-0.15, -0.1) is 0 Å². The van der Waals surface area contributed by atoms with Crippen molar-refractivity contribution in [2.75, 3.05) is 36.0 Å². The van der Waals surface area contributed by atoms with E-state index < -0.39 is 34.8 Å². The Hall–Kier alpha value is -2.64. The zero-order valence-corrected chi connectivity index (χ0v) is 13.8. The van der Waals surface area contributed by atoms with Gasteiger partial charge in [0.05, 0.1) is 0 Å². The van der Waals surface area contributed by atoms with Crippen LogP contribution < -0.4 is 9.80 Å². The summed E-state index contributed by atoms with van der Waals surface area (Å²) in [6.45, 7) is 2.30. The molecule has 8 heteroatoms. The maximum atomic E-state index is 13.9. The lowest BCUT2D eigenvalue weighted by Crippen LogP contribution is -2.47. The van der Waals surface area contributed by atoms with Crippen molar-refractivity contribution in [3.8, 4) is 0 Å². The van der Waals surface area contributed by atoms with E-state index in [-0.39, 0.29) is 18.9 Å². The van der Waals surface area contributed by atoms with Crippen LogP contribution in [0.1, 0.15) is 17.3 Å². The van der Waals surface area contributed by atoms with Crippen molar-refractivity contribution < 1.29 is 26.7 Å². The van der Waals surface area contributed by atoms with E-state index >= 15 is 0 Å². The maximum absolute atomic E-state index is 13.9.